The summed E-state index contributed by atoms with van der Waals surface area (Å²) in [7, 11) is 0. The molecule has 1 aliphatic carbocycles. The van der Waals surface area contributed by atoms with E-state index in [2.05, 4.69) is 20.5 Å². The van der Waals surface area contributed by atoms with Gasteiger partial charge in [-0.3, -0.25) is 20.0 Å². The van der Waals surface area contributed by atoms with E-state index in [4.69, 9.17) is 0 Å². The fourth-order valence-corrected chi connectivity index (χ4v) is 3.62. The van der Waals surface area contributed by atoms with Crippen LogP contribution >= 0.6 is 0 Å². The number of amides is 1. The summed E-state index contributed by atoms with van der Waals surface area (Å²) in [6.07, 6.45) is 6.00. The van der Waals surface area contributed by atoms with Crippen molar-refractivity contribution in [2.75, 3.05) is 5.32 Å². The highest BCUT2D eigenvalue weighted by molar-refractivity contribution is 6.06. The molecule has 1 aromatic carbocycles. The van der Waals surface area contributed by atoms with Gasteiger partial charge in [0, 0.05) is 29.1 Å². The second-order valence-corrected chi connectivity index (χ2v) is 6.68. The number of carbonyl (C=O) groups excluding carboxylic acids is 1. The lowest BCUT2D eigenvalue weighted by Gasteiger charge is -2.19. The molecule has 0 saturated heterocycles. The number of benzene rings is 1. The largest absolute Gasteiger partial charge is 0.345 e. The molecule has 1 saturated carbocycles. The Morgan fingerprint density at radius 2 is 2.04 bits per heavy atom. The first-order valence-electron chi connectivity index (χ1n) is 8.74. The average molecular weight is 353 g/mol. The topological polar surface area (TPSA) is 117 Å². The molecule has 26 heavy (non-hydrogen) atoms. The molecule has 2 aromatic heterocycles. The first-order valence-corrected chi connectivity index (χ1v) is 8.74. The van der Waals surface area contributed by atoms with Crippen molar-refractivity contribution in [3.8, 4) is 0 Å². The zero-order valence-corrected chi connectivity index (χ0v) is 14.1. The minimum absolute atomic E-state index is 0.0547. The fourth-order valence-electron chi connectivity index (χ4n) is 3.62. The van der Waals surface area contributed by atoms with E-state index in [-0.39, 0.29) is 17.3 Å². The van der Waals surface area contributed by atoms with Gasteiger partial charge in [0.15, 0.2) is 5.82 Å². The van der Waals surface area contributed by atoms with E-state index in [1.54, 1.807) is 18.2 Å². The van der Waals surface area contributed by atoms with E-state index in [0.29, 0.717) is 22.6 Å². The average Bonchev–Trinajstić information content (AvgIpc) is 3.28. The van der Waals surface area contributed by atoms with E-state index >= 15 is 0 Å². The van der Waals surface area contributed by atoms with E-state index in [9.17, 15) is 14.9 Å². The molecule has 1 aliphatic rings. The molecule has 3 aromatic rings. The number of fused-ring (bicyclic) bond motifs is 1. The van der Waals surface area contributed by atoms with Gasteiger partial charge < -0.3 is 10.3 Å². The van der Waals surface area contributed by atoms with Crippen LogP contribution in [0, 0.1) is 10.1 Å². The smallest absolute Gasteiger partial charge is 0.293 e. The number of hydrogen-bond donors (Lipinski definition) is 3. The van der Waals surface area contributed by atoms with Crippen molar-refractivity contribution >= 4 is 28.3 Å². The maximum atomic E-state index is 12.5. The van der Waals surface area contributed by atoms with Crippen LogP contribution in [0.4, 0.5) is 11.5 Å². The molecular formula is C18H19N5O3. The molecule has 1 amide bonds. The molecule has 0 unspecified atom stereocenters. The van der Waals surface area contributed by atoms with Crippen LogP contribution in [0.3, 0.4) is 0 Å². The molecule has 4 rings (SSSR count). The first-order chi connectivity index (χ1) is 12.6. The Labute approximate surface area is 149 Å². The SMILES string of the molecule is O=C(Nc1cc(C2CCCCC2)[nH]n1)c1cc2cccc([N+](=O)[O-])c2[nH]1. The van der Waals surface area contributed by atoms with Crippen LogP contribution in [0.2, 0.25) is 0 Å². The van der Waals surface area contributed by atoms with Crippen LogP contribution < -0.4 is 5.32 Å². The summed E-state index contributed by atoms with van der Waals surface area (Å²) in [5.41, 5.74) is 1.59. The Morgan fingerprint density at radius 3 is 2.81 bits per heavy atom. The zero-order chi connectivity index (χ0) is 18.1. The van der Waals surface area contributed by atoms with Crippen LogP contribution in [0.15, 0.2) is 30.3 Å². The Balaban J connectivity index is 1.53. The standard InChI is InChI=1S/C18H19N5O3/c24-18(14-9-12-7-4-8-15(23(25)26)17(12)19-14)20-16-10-13(21-22-16)11-5-2-1-3-6-11/h4,7-11,19H,1-3,5-6H2,(H2,20,21,22,24). The van der Waals surface area contributed by atoms with Crippen LogP contribution in [0.5, 0.6) is 0 Å². The van der Waals surface area contributed by atoms with Crippen molar-refractivity contribution in [2.45, 2.75) is 38.0 Å². The number of nitro groups is 1. The van der Waals surface area contributed by atoms with Gasteiger partial charge in [0.1, 0.15) is 11.2 Å². The van der Waals surface area contributed by atoms with Crippen LogP contribution in [-0.2, 0) is 0 Å². The lowest BCUT2D eigenvalue weighted by atomic mass is 9.87. The Kier molecular flexibility index (Phi) is 4.16. The third-order valence-electron chi connectivity index (χ3n) is 4.96. The number of para-hydroxylation sites is 1. The second-order valence-electron chi connectivity index (χ2n) is 6.68. The van der Waals surface area contributed by atoms with E-state index in [0.717, 1.165) is 18.5 Å². The number of H-pyrrole nitrogens is 2. The number of anilines is 1. The Hall–Kier alpha value is -3.16. The third kappa shape index (κ3) is 3.05. The highest BCUT2D eigenvalue weighted by Gasteiger charge is 2.20. The van der Waals surface area contributed by atoms with Crippen molar-refractivity contribution in [3.63, 3.8) is 0 Å². The number of aromatic amines is 2. The van der Waals surface area contributed by atoms with Gasteiger partial charge in [-0.15, -0.1) is 0 Å². The highest BCUT2D eigenvalue weighted by atomic mass is 16.6. The Morgan fingerprint density at radius 1 is 1.23 bits per heavy atom. The normalized spacial score (nSPS) is 15.2. The minimum atomic E-state index is -0.468. The number of aromatic nitrogens is 3. The Bertz CT molecular complexity index is 968. The van der Waals surface area contributed by atoms with E-state index < -0.39 is 4.92 Å². The molecule has 0 spiro atoms. The van der Waals surface area contributed by atoms with Crippen molar-refractivity contribution in [1.29, 1.82) is 0 Å². The fraction of sp³-hybridized carbons (Fsp3) is 0.333. The molecule has 0 atom stereocenters. The summed E-state index contributed by atoms with van der Waals surface area (Å²) in [5, 5.41) is 21.7. The van der Waals surface area contributed by atoms with Crippen molar-refractivity contribution in [3.05, 3.63) is 51.8 Å². The van der Waals surface area contributed by atoms with E-state index in [1.165, 1.54) is 25.3 Å². The van der Waals surface area contributed by atoms with Crippen LogP contribution in [0.1, 0.15) is 54.2 Å². The second kappa shape index (κ2) is 6.62. The molecule has 134 valence electrons. The number of rotatable bonds is 4. The minimum Gasteiger partial charge on any atom is -0.345 e. The monoisotopic (exact) mass is 353 g/mol. The maximum absolute atomic E-state index is 12.5. The molecule has 2 heterocycles. The van der Waals surface area contributed by atoms with Gasteiger partial charge in [-0.1, -0.05) is 31.4 Å². The number of non-ortho nitro benzene ring substituents is 1. The molecule has 3 N–H and O–H groups in total. The third-order valence-corrected chi connectivity index (χ3v) is 4.96. The lowest BCUT2D eigenvalue weighted by molar-refractivity contribution is -0.383. The highest BCUT2D eigenvalue weighted by Crippen LogP contribution is 2.32. The molecule has 0 radical (unpaired) electrons. The lowest BCUT2D eigenvalue weighted by Crippen LogP contribution is -2.12. The number of hydrogen-bond acceptors (Lipinski definition) is 4. The summed E-state index contributed by atoms with van der Waals surface area (Å²) in [6.45, 7) is 0. The molecular weight excluding hydrogens is 334 g/mol. The summed E-state index contributed by atoms with van der Waals surface area (Å²) in [4.78, 5) is 26.0. The quantitative estimate of drug-likeness (QED) is 0.483. The summed E-state index contributed by atoms with van der Waals surface area (Å²) in [6, 6.07) is 8.21. The van der Waals surface area contributed by atoms with Gasteiger partial charge in [-0.2, -0.15) is 5.10 Å². The van der Waals surface area contributed by atoms with Crippen molar-refractivity contribution in [1.82, 2.24) is 15.2 Å². The van der Waals surface area contributed by atoms with Gasteiger partial charge in [0.2, 0.25) is 0 Å². The number of nitrogens with one attached hydrogen (secondary N) is 3. The number of nitrogens with zero attached hydrogens (tertiary/aromatic N) is 2. The summed E-state index contributed by atoms with van der Waals surface area (Å²) < 4.78 is 0. The summed E-state index contributed by atoms with van der Waals surface area (Å²) >= 11 is 0. The van der Waals surface area contributed by atoms with Gasteiger partial charge >= 0.3 is 0 Å². The zero-order valence-electron chi connectivity index (χ0n) is 14.1. The van der Waals surface area contributed by atoms with E-state index in [1.807, 2.05) is 6.07 Å². The van der Waals surface area contributed by atoms with Gasteiger partial charge in [0.05, 0.1) is 4.92 Å². The summed E-state index contributed by atoms with van der Waals surface area (Å²) in [5.74, 6) is 0.554. The molecule has 8 heteroatoms. The predicted octanol–water partition coefficient (Wildman–Crippen LogP) is 4.10. The van der Waals surface area contributed by atoms with Crippen LogP contribution in [-0.4, -0.2) is 26.0 Å². The van der Waals surface area contributed by atoms with Crippen molar-refractivity contribution in [2.24, 2.45) is 0 Å². The van der Waals surface area contributed by atoms with Gasteiger partial charge in [0.25, 0.3) is 11.6 Å². The maximum Gasteiger partial charge on any atom is 0.293 e. The molecule has 8 nitrogen and oxygen atoms in total. The number of nitro benzene ring substituents is 1. The number of carbonyl (C=O) groups is 1. The van der Waals surface area contributed by atoms with Gasteiger partial charge in [-0.05, 0) is 18.9 Å². The molecule has 0 bridgehead atoms. The predicted molar refractivity (Wildman–Crippen MR) is 97.3 cm³/mol. The van der Waals surface area contributed by atoms with Gasteiger partial charge in [-0.25, -0.2) is 0 Å². The van der Waals surface area contributed by atoms with Crippen molar-refractivity contribution < 1.29 is 9.72 Å². The van der Waals surface area contributed by atoms with Crippen LogP contribution in [0.25, 0.3) is 10.9 Å². The molecule has 0 aliphatic heterocycles. The first kappa shape index (κ1) is 16.3. The molecule has 1 fully saturated rings.